The number of rotatable bonds is 4. The zero-order valence-electron chi connectivity index (χ0n) is 10.8. The van der Waals surface area contributed by atoms with Crippen LogP contribution in [0.1, 0.15) is 43.5 Å². The molecule has 1 aliphatic carbocycles. The standard InChI is InChI=1S/C13H22N2S/c1-10-14-8-11(16-10)7-13(5-6-13)9-15-12(2,3)4/h8,15H,5-7,9H2,1-4H3. The molecule has 0 radical (unpaired) electrons. The lowest BCUT2D eigenvalue weighted by Crippen LogP contribution is -2.40. The summed E-state index contributed by atoms with van der Waals surface area (Å²) in [5.41, 5.74) is 0.769. The molecule has 0 bridgehead atoms. The average molecular weight is 238 g/mol. The molecule has 90 valence electrons. The molecule has 1 saturated carbocycles. The number of hydrogen-bond donors (Lipinski definition) is 1. The monoisotopic (exact) mass is 238 g/mol. The Morgan fingerprint density at radius 2 is 2.12 bits per heavy atom. The summed E-state index contributed by atoms with van der Waals surface area (Å²) in [5, 5.41) is 4.83. The van der Waals surface area contributed by atoms with Crippen LogP contribution in [0, 0.1) is 12.3 Å². The van der Waals surface area contributed by atoms with Crippen LogP contribution in [0.4, 0.5) is 0 Å². The van der Waals surface area contributed by atoms with Gasteiger partial charge in [-0.3, -0.25) is 0 Å². The third-order valence-electron chi connectivity index (χ3n) is 3.17. The van der Waals surface area contributed by atoms with E-state index >= 15 is 0 Å². The summed E-state index contributed by atoms with van der Waals surface area (Å²) >= 11 is 1.85. The smallest absolute Gasteiger partial charge is 0.0896 e. The molecule has 16 heavy (non-hydrogen) atoms. The number of aromatic nitrogens is 1. The van der Waals surface area contributed by atoms with Gasteiger partial charge in [-0.2, -0.15) is 0 Å². The van der Waals surface area contributed by atoms with E-state index in [0.29, 0.717) is 5.41 Å². The van der Waals surface area contributed by atoms with Gasteiger partial charge >= 0.3 is 0 Å². The molecule has 1 aromatic heterocycles. The summed E-state index contributed by atoms with van der Waals surface area (Å²) in [6.45, 7) is 9.94. The Morgan fingerprint density at radius 1 is 1.44 bits per heavy atom. The Morgan fingerprint density at radius 3 is 2.56 bits per heavy atom. The third kappa shape index (κ3) is 3.29. The first-order valence-corrected chi connectivity index (χ1v) is 6.87. The second-order valence-corrected chi connectivity index (χ2v) is 7.45. The van der Waals surface area contributed by atoms with Crippen molar-refractivity contribution >= 4 is 11.3 Å². The van der Waals surface area contributed by atoms with Gasteiger partial charge in [-0.05, 0) is 52.4 Å². The molecule has 1 aromatic rings. The highest BCUT2D eigenvalue weighted by Gasteiger charge is 2.43. The molecule has 3 heteroatoms. The second kappa shape index (κ2) is 4.11. The molecule has 0 spiro atoms. The first-order chi connectivity index (χ1) is 7.39. The van der Waals surface area contributed by atoms with E-state index in [1.807, 2.05) is 11.3 Å². The van der Waals surface area contributed by atoms with E-state index in [1.54, 1.807) is 0 Å². The van der Waals surface area contributed by atoms with Crippen molar-refractivity contribution in [3.63, 3.8) is 0 Å². The highest BCUT2D eigenvalue weighted by molar-refractivity contribution is 7.11. The van der Waals surface area contributed by atoms with E-state index in [2.05, 4.69) is 44.2 Å². The van der Waals surface area contributed by atoms with Crippen molar-refractivity contribution in [3.8, 4) is 0 Å². The van der Waals surface area contributed by atoms with E-state index in [9.17, 15) is 0 Å². The number of nitrogens with zero attached hydrogens (tertiary/aromatic N) is 1. The summed E-state index contributed by atoms with van der Waals surface area (Å²) in [6, 6.07) is 0. The molecule has 0 aromatic carbocycles. The van der Waals surface area contributed by atoms with Crippen LogP contribution < -0.4 is 5.32 Å². The van der Waals surface area contributed by atoms with Crippen LogP contribution in [0.5, 0.6) is 0 Å². The Labute approximate surface area is 102 Å². The Hall–Kier alpha value is -0.410. The van der Waals surface area contributed by atoms with Gasteiger partial charge < -0.3 is 5.32 Å². The Bertz CT molecular complexity index is 358. The summed E-state index contributed by atoms with van der Waals surface area (Å²) in [4.78, 5) is 5.79. The first-order valence-electron chi connectivity index (χ1n) is 6.05. The summed E-state index contributed by atoms with van der Waals surface area (Å²) in [7, 11) is 0. The van der Waals surface area contributed by atoms with Gasteiger partial charge in [0.1, 0.15) is 0 Å². The zero-order valence-corrected chi connectivity index (χ0v) is 11.6. The number of aryl methyl sites for hydroxylation is 1. The molecule has 1 heterocycles. The van der Waals surface area contributed by atoms with Gasteiger partial charge in [0, 0.05) is 23.2 Å². The third-order valence-corrected chi connectivity index (χ3v) is 4.08. The Kier molecular flexibility index (Phi) is 3.10. The van der Waals surface area contributed by atoms with Gasteiger partial charge in [0.2, 0.25) is 0 Å². The van der Waals surface area contributed by atoms with E-state index in [0.717, 1.165) is 6.54 Å². The van der Waals surface area contributed by atoms with Crippen molar-refractivity contribution in [1.82, 2.24) is 10.3 Å². The van der Waals surface area contributed by atoms with E-state index in [-0.39, 0.29) is 5.54 Å². The van der Waals surface area contributed by atoms with Crippen LogP contribution in [0.3, 0.4) is 0 Å². The SMILES string of the molecule is Cc1ncc(CC2(CNC(C)(C)C)CC2)s1. The maximum absolute atomic E-state index is 4.34. The molecule has 2 rings (SSSR count). The highest BCUT2D eigenvalue weighted by atomic mass is 32.1. The molecule has 0 saturated heterocycles. The molecule has 2 nitrogen and oxygen atoms in total. The molecule has 1 aliphatic rings. The van der Waals surface area contributed by atoms with Crippen molar-refractivity contribution in [1.29, 1.82) is 0 Å². The van der Waals surface area contributed by atoms with Crippen LogP contribution in [0.15, 0.2) is 6.20 Å². The lowest BCUT2D eigenvalue weighted by atomic mass is 9.99. The summed E-state index contributed by atoms with van der Waals surface area (Å²) in [5.74, 6) is 0. The largest absolute Gasteiger partial charge is 0.312 e. The number of nitrogens with one attached hydrogen (secondary N) is 1. The Balaban J connectivity index is 1.89. The van der Waals surface area contributed by atoms with Crippen LogP contribution >= 0.6 is 11.3 Å². The van der Waals surface area contributed by atoms with Crippen molar-refractivity contribution in [2.75, 3.05) is 6.54 Å². The summed E-state index contributed by atoms with van der Waals surface area (Å²) in [6.07, 6.45) is 6.00. The lowest BCUT2D eigenvalue weighted by Gasteiger charge is -2.24. The topological polar surface area (TPSA) is 24.9 Å². The van der Waals surface area contributed by atoms with Crippen LogP contribution in [-0.2, 0) is 6.42 Å². The van der Waals surface area contributed by atoms with E-state index in [1.165, 1.54) is 29.1 Å². The van der Waals surface area contributed by atoms with Crippen molar-refractivity contribution in [3.05, 3.63) is 16.1 Å². The molecule has 1 fully saturated rings. The van der Waals surface area contributed by atoms with E-state index < -0.39 is 0 Å². The van der Waals surface area contributed by atoms with Crippen molar-refractivity contribution < 1.29 is 0 Å². The minimum Gasteiger partial charge on any atom is -0.312 e. The van der Waals surface area contributed by atoms with Gasteiger partial charge in [-0.15, -0.1) is 11.3 Å². The molecule has 1 N–H and O–H groups in total. The fourth-order valence-electron chi connectivity index (χ4n) is 1.90. The van der Waals surface area contributed by atoms with Gasteiger partial charge in [-0.1, -0.05) is 0 Å². The molecule has 0 amide bonds. The number of thiazole rings is 1. The van der Waals surface area contributed by atoms with Crippen LogP contribution in [0.25, 0.3) is 0 Å². The van der Waals surface area contributed by atoms with Gasteiger partial charge in [0.25, 0.3) is 0 Å². The number of hydrogen-bond acceptors (Lipinski definition) is 3. The van der Waals surface area contributed by atoms with Crippen molar-refractivity contribution in [2.45, 2.75) is 52.5 Å². The highest BCUT2D eigenvalue weighted by Crippen LogP contribution is 2.48. The van der Waals surface area contributed by atoms with Gasteiger partial charge in [-0.25, -0.2) is 4.98 Å². The van der Waals surface area contributed by atoms with Crippen molar-refractivity contribution in [2.24, 2.45) is 5.41 Å². The molecule has 0 aliphatic heterocycles. The molecule has 0 unspecified atom stereocenters. The molecular weight excluding hydrogens is 216 g/mol. The zero-order chi connectivity index (χ0) is 11.8. The predicted molar refractivity (Wildman–Crippen MR) is 70.0 cm³/mol. The van der Waals surface area contributed by atoms with Crippen LogP contribution in [-0.4, -0.2) is 17.1 Å². The quantitative estimate of drug-likeness (QED) is 0.871. The van der Waals surface area contributed by atoms with Crippen LogP contribution in [0.2, 0.25) is 0 Å². The maximum atomic E-state index is 4.34. The molecule has 0 atom stereocenters. The molecular formula is C13H22N2S. The minimum atomic E-state index is 0.235. The lowest BCUT2D eigenvalue weighted by molar-refractivity contribution is 0.357. The fraction of sp³-hybridized carbons (Fsp3) is 0.769. The summed E-state index contributed by atoms with van der Waals surface area (Å²) < 4.78 is 0. The average Bonchev–Trinajstić information content (AvgIpc) is 2.80. The predicted octanol–water partition coefficient (Wildman–Crippen LogP) is 3.16. The fourth-order valence-corrected chi connectivity index (χ4v) is 2.87. The first kappa shape index (κ1) is 12.1. The van der Waals surface area contributed by atoms with Gasteiger partial charge in [0.05, 0.1) is 5.01 Å². The maximum Gasteiger partial charge on any atom is 0.0896 e. The minimum absolute atomic E-state index is 0.235. The van der Waals surface area contributed by atoms with Gasteiger partial charge in [0.15, 0.2) is 0 Å². The van der Waals surface area contributed by atoms with E-state index in [4.69, 9.17) is 0 Å². The normalized spacial score (nSPS) is 18.8. The second-order valence-electron chi connectivity index (χ2n) is 6.13.